The zero-order valence-electron chi connectivity index (χ0n) is 22.4. The molecule has 42 heavy (non-hydrogen) atoms. The molecule has 0 bridgehead atoms. The largest absolute Gasteiger partial charge is 0.493 e. The summed E-state index contributed by atoms with van der Waals surface area (Å²) in [5, 5.41) is 3.73. The summed E-state index contributed by atoms with van der Waals surface area (Å²) >= 11 is 9.02. The number of carbonyl (C=O) groups excluding carboxylic acids is 1. The van der Waals surface area contributed by atoms with E-state index in [-0.39, 0.29) is 5.91 Å². The normalized spacial score (nSPS) is 15.0. The molecule has 9 heteroatoms. The fraction of sp³-hybridized carbons (Fsp3) is 0.0606. The number of carbonyl (C=O) groups is 1. The van der Waals surface area contributed by atoms with E-state index >= 15 is 0 Å². The number of halogens is 1. The molecule has 2 heterocycles. The van der Waals surface area contributed by atoms with Crippen LogP contribution in [0.5, 0.6) is 11.5 Å². The van der Waals surface area contributed by atoms with Gasteiger partial charge in [-0.25, -0.2) is 4.98 Å². The van der Waals surface area contributed by atoms with Crippen LogP contribution in [0.2, 0.25) is 5.02 Å². The lowest BCUT2D eigenvalue weighted by Gasteiger charge is -2.15. The number of hydrogen-bond donors (Lipinski definition) is 0. The van der Waals surface area contributed by atoms with E-state index in [0.29, 0.717) is 38.3 Å². The number of aliphatic imine (C=N–C) groups is 1. The van der Waals surface area contributed by atoms with E-state index in [0.717, 1.165) is 28.1 Å². The number of benzene rings is 4. The molecule has 6 rings (SSSR count). The lowest BCUT2D eigenvalue weighted by Crippen LogP contribution is -2.28. The number of thioether (sulfide) groups is 1. The lowest BCUT2D eigenvalue weighted by atomic mass is 10.1. The Labute approximate surface area is 256 Å². The smallest absolute Gasteiger partial charge is 0.271 e. The van der Waals surface area contributed by atoms with Gasteiger partial charge in [0.2, 0.25) is 5.13 Å². The summed E-state index contributed by atoms with van der Waals surface area (Å²) < 4.78 is 11.6. The summed E-state index contributed by atoms with van der Waals surface area (Å²) in [5.74, 6) is 0.968. The van der Waals surface area contributed by atoms with Gasteiger partial charge in [-0.2, -0.15) is 4.99 Å². The molecule has 1 fully saturated rings. The quantitative estimate of drug-likeness (QED) is 0.164. The average molecular weight is 610 g/mol. The van der Waals surface area contributed by atoms with Crippen LogP contribution >= 0.6 is 34.7 Å². The molecule has 4 aromatic carbocycles. The molecule has 208 valence electrons. The Morgan fingerprint density at radius 1 is 0.929 bits per heavy atom. The highest BCUT2D eigenvalue weighted by atomic mass is 35.5. The molecule has 1 amide bonds. The number of thiazole rings is 1. The first kappa shape index (κ1) is 27.8. The van der Waals surface area contributed by atoms with Crippen LogP contribution in [0.4, 0.5) is 10.8 Å². The van der Waals surface area contributed by atoms with E-state index in [1.54, 1.807) is 12.0 Å². The highest BCUT2D eigenvalue weighted by Crippen LogP contribution is 2.39. The minimum atomic E-state index is -0.164. The maximum Gasteiger partial charge on any atom is 0.271 e. The average Bonchev–Trinajstić information content (AvgIpc) is 3.62. The van der Waals surface area contributed by atoms with Crippen LogP contribution in [-0.2, 0) is 11.4 Å². The molecule has 1 aliphatic rings. The molecule has 0 saturated carbocycles. The van der Waals surface area contributed by atoms with Gasteiger partial charge in [0, 0.05) is 21.5 Å². The van der Waals surface area contributed by atoms with Crippen molar-refractivity contribution in [3.8, 4) is 22.8 Å². The molecule has 1 aliphatic heterocycles. The van der Waals surface area contributed by atoms with Crippen LogP contribution in [0.1, 0.15) is 11.1 Å². The zero-order chi connectivity index (χ0) is 28.9. The second-order valence-corrected chi connectivity index (χ2v) is 11.4. The predicted octanol–water partition coefficient (Wildman–Crippen LogP) is 8.86. The molecule has 5 aromatic rings. The molecule has 0 spiro atoms. The summed E-state index contributed by atoms with van der Waals surface area (Å²) in [6.07, 6.45) is 1.84. The molecule has 1 aromatic heterocycles. The molecule has 0 aliphatic carbocycles. The van der Waals surface area contributed by atoms with E-state index in [1.165, 1.54) is 23.1 Å². The Morgan fingerprint density at radius 3 is 2.43 bits per heavy atom. The topological polar surface area (TPSA) is 64.0 Å². The number of amidine groups is 1. The van der Waals surface area contributed by atoms with E-state index in [4.69, 9.17) is 31.1 Å². The van der Waals surface area contributed by atoms with Gasteiger partial charge in [-0.3, -0.25) is 9.69 Å². The summed E-state index contributed by atoms with van der Waals surface area (Å²) in [5.41, 5.74) is 4.27. The van der Waals surface area contributed by atoms with E-state index < -0.39 is 0 Å². The summed E-state index contributed by atoms with van der Waals surface area (Å²) in [7, 11) is 1.59. The maximum absolute atomic E-state index is 13.7. The first-order valence-electron chi connectivity index (χ1n) is 13.0. The van der Waals surface area contributed by atoms with Crippen molar-refractivity contribution in [2.75, 3.05) is 12.0 Å². The third-order valence-electron chi connectivity index (χ3n) is 6.40. The minimum absolute atomic E-state index is 0.164. The predicted molar refractivity (Wildman–Crippen MR) is 173 cm³/mol. The van der Waals surface area contributed by atoms with Gasteiger partial charge in [-0.15, -0.1) is 11.3 Å². The van der Waals surface area contributed by atoms with E-state index in [2.05, 4.69) is 0 Å². The van der Waals surface area contributed by atoms with E-state index in [9.17, 15) is 4.79 Å². The Kier molecular flexibility index (Phi) is 8.37. The first-order chi connectivity index (χ1) is 20.6. The highest BCUT2D eigenvalue weighted by Gasteiger charge is 2.35. The second-order valence-electron chi connectivity index (χ2n) is 9.15. The number of hydrogen-bond acceptors (Lipinski definition) is 7. The summed E-state index contributed by atoms with van der Waals surface area (Å²) in [6, 6.07) is 32.6. The number of anilines is 1. The molecule has 0 atom stereocenters. The van der Waals surface area contributed by atoms with E-state index in [1.807, 2.05) is 115 Å². The van der Waals surface area contributed by atoms with Crippen LogP contribution < -0.4 is 14.4 Å². The lowest BCUT2D eigenvalue weighted by molar-refractivity contribution is -0.113. The van der Waals surface area contributed by atoms with Crippen molar-refractivity contribution in [3.05, 3.63) is 130 Å². The Morgan fingerprint density at radius 2 is 1.67 bits per heavy atom. The van der Waals surface area contributed by atoms with Crippen LogP contribution in [0.3, 0.4) is 0 Å². The summed E-state index contributed by atoms with van der Waals surface area (Å²) in [4.78, 5) is 25.4. The van der Waals surface area contributed by atoms with Crippen LogP contribution in [-0.4, -0.2) is 23.2 Å². The Bertz CT molecular complexity index is 1790. The third kappa shape index (κ3) is 6.11. The van der Waals surface area contributed by atoms with Crippen LogP contribution in [0.25, 0.3) is 17.3 Å². The Hall–Kier alpha value is -4.37. The number of nitrogens with zero attached hydrogens (tertiary/aromatic N) is 3. The number of amides is 1. The number of ether oxygens (including phenoxy) is 2. The number of methoxy groups -OCH3 is 1. The molecule has 1 saturated heterocycles. The number of para-hydroxylation sites is 1. The van der Waals surface area contributed by atoms with Crippen molar-refractivity contribution in [1.29, 1.82) is 0 Å². The standard InChI is InChI=1S/C33H24ClN3O3S2/c1-39-29-18-22(16-17-28(29)40-20-24-12-8-9-15-26(24)34)19-30-31(38)37(25-13-6-3-7-14-25)33(42-30)36-32-35-27(21-41-32)23-10-4-2-5-11-23/h2-19,21H,20H2,1H3/b30-19-,36-33+. The van der Waals surface area contributed by atoms with Crippen LogP contribution in [0, 0.1) is 0 Å². The van der Waals surface area contributed by atoms with Gasteiger partial charge in [0.25, 0.3) is 5.91 Å². The molecule has 0 N–H and O–H groups in total. The van der Waals surface area contributed by atoms with Crippen molar-refractivity contribution >= 4 is 62.7 Å². The fourth-order valence-electron chi connectivity index (χ4n) is 4.31. The molecular weight excluding hydrogens is 586 g/mol. The van der Waals surface area contributed by atoms with Crippen molar-refractivity contribution in [2.24, 2.45) is 4.99 Å². The fourth-order valence-corrected chi connectivity index (χ4v) is 6.23. The second kappa shape index (κ2) is 12.7. The molecule has 0 radical (unpaired) electrons. The highest BCUT2D eigenvalue weighted by molar-refractivity contribution is 8.19. The van der Waals surface area contributed by atoms with Crippen molar-refractivity contribution in [1.82, 2.24) is 4.98 Å². The van der Waals surface area contributed by atoms with Crippen molar-refractivity contribution in [3.63, 3.8) is 0 Å². The van der Waals surface area contributed by atoms with Gasteiger partial charge in [0.05, 0.1) is 23.4 Å². The van der Waals surface area contributed by atoms with Crippen LogP contribution in [0.15, 0.2) is 118 Å². The summed E-state index contributed by atoms with van der Waals surface area (Å²) in [6.45, 7) is 0.305. The van der Waals surface area contributed by atoms with Gasteiger partial charge in [-0.05, 0) is 53.7 Å². The van der Waals surface area contributed by atoms with Gasteiger partial charge in [0.1, 0.15) is 6.61 Å². The minimum Gasteiger partial charge on any atom is -0.493 e. The molecule has 0 unspecified atom stereocenters. The third-order valence-corrected chi connectivity index (χ3v) is 8.47. The zero-order valence-corrected chi connectivity index (χ0v) is 24.8. The monoisotopic (exact) mass is 609 g/mol. The van der Waals surface area contributed by atoms with Crippen molar-refractivity contribution in [2.45, 2.75) is 6.61 Å². The van der Waals surface area contributed by atoms with Gasteiger partial charge in [0.15, 0.2) is 16.7 Å². The van der Waals surface area contributed by atoms with Gasteiger partial charge < -0.3 is 9.47 Å². The SMILES string of the molecule is COc1cc(/C=C2\S/C(=N/c3nc(-c4ccccc4)cs3)N(c3ccccc3)C2=O)ccc1OCc1ccccc1Cl. The Balaban J connectivity index is 1.29. The number of rotatable bonds is 8. The van der Waals surface area contributed by atoms with Gasteiger partial charge >= 0.3 is 0 Å². The van der Waals surface area contributed by atoms with Gasteiger partial charge in [-0.1, -0.05) is 84.4 Å². The molecular formula is C33H24ClN3O3S2. The maximum atomic E-state index is 13.7. The van der Waals surface area contributed by atoms with Crippen molar-refractivity contribution < 1.29 is 14.3 Å². The first-order valence-corrected chi connectivity index (χ1v) is 15.1. The number of aromatic nitrogens is 1. The molecule has 6 nitrogen and oxygen atoms in total.